The second kappa shape index (κ2) is 21.5. The second-order valence-electron chi connectivity index (χ2n) is 21.7. The highest BCUT2D eigenvalue weighted by Gasteiger charge is 2.54. The van der Waals surface area contributed by atoms with E-state index < -0.39 is 112 Å². The lowest BCUT2D eigenvalue weighted by Crippen LogP contribution is -2.62. The smallest absolute Gasteiger partial charge is 0.420 e. The van der Waals surface area contributed by atoms with Gasteiger partial charge in [-0.1, -0.05) is 20.8 Å². The number of allylic oxidation sites excluding steroid dienone is 1. The Bertz CT molecular complexity index is 1780. The first-order valence-corrected chi connectivity index (χ1v) is 30.2. The Hall–Kier alpha value is -2.37. The predicted molar refractivity (Wildman–Crippen MR) is 251 cm³/mol. The van der Waals surface area contributed by atoms with E-state index in [0.29, 0.717) is 6.42 Å². The summed E-state index contributed by atoms with van der Waals surface area (Å²) in [5, 5.41) is 13.0. The van der Waals surface area contributed by atoms with Crippen molar-refractivity contribution in [1.29, 1.82) is 0 Å². The molecule has 0 unspecified atom stereocenters. The number of Topliss-reactive ketones (excluding diaryl/α,β-unsaturated/α-hetero) is 1. The summed E-state index contributed by atoms with van der Waals surface area (Å²) in [4.78, 5) is 48.9. The molecule has 0 aliphatic carbocycles. The molecule has 16 atom stereocenters. The zero-order valence-corrected chi connectivity index (χ0v) is 44.8. The molecule has 1 aromatic heterocycles. The van der Waals surface area contributed by atoms with Gasteiger partial charge in [-0.15, -0.1) is 0 Å². The molecule has 1 N–H and O–H groups in total. The molecule has 0 radical (unpaired) electrons. The van der Waals surface area contributed by atoms with E-state index in [4.69, 9.17) is 42.0 Å². The molecule has 0 amide bonds. The number of carbonyl (C=O) groups excluding carboxylic acids is 3. The summed E-state index contributed by atoms with van der Waals surface area (Å²) in [6.45, 7) is 30.6. The third-order valence-corrected chi connectivity index (χ3v) is 15.0. The van der Waals surface area contributed by atoms with Gasteiger partial charge in [-0.05, 0) is 133 Å². The lowest BCUT2D eigenvalue weighted by Gasteiger charge is -2.51. The average molecular weight is 954 g/mol. The van der Waals surface area contributed by atoms with Gasteiger partial charge in [0, 0.05) is 43.8 Å². The van der Waals surface area contributed by atoms with Crippen molar-refractivity contribution in [2.75, 3.05) is 21.2 Å². The zero-order chi connectivity index (χ0) is 49.2. The topological polar surface area (TPSA) is 176 Å². The lowest BCUT2D eigenvalue weighted by atomic mass is 9.76. The largest absolute Gasteiger partial charge is 0.457 e. The highest BCUT2D eigenvalue weighted by molar-refractivity contribution is 6.70. The number of rotatable bonds is 12. The van der Waals surface area contributed by atoms with Crippen molar-refractivity contribution in [3.63, 3.8) is 0 Å². The van der Waals surface area contributed by atoms with Crippen LogP contribution in [0, 0.1) is 17.8 Å². The van der Waals surface area contributed by atoms with Crippen LogP contribution in [0.1, 0.15) is 94.9 Å². The highest BCUT2D eigenvalue weighted by Crippen LogP contribution is 2.42. The molecule has 0 aromatic carbocycles. The molecular weight excluding hydrogens is 871 g/mol. The Morgan fingerprint density at radius 3 is 2.11 bits per heavy atom. The number of hydrogen-bond donors (Lipinski definition) is 1. The quantitative estimate of drug-likeness (QED) is 0.163. The molecule has 16 nitrogen and oxygen atoms in total. The van der Waals surface area contributed by atoms with Gasteiger partial charge in [0.2, 0.25) is 0 Å². The van der Waals surface area contributed by atoms with Crippen molar-refractivity contribution in [2.24, 2.45) is 17.8 Å². The molecule has 3 aliphatic rings. The molecule has 65 heavy (non-hydrogen) atoms. The Labute approximate surface area is 390 Å². The van der Waals surface area contributed by atoms with Crippen LogP contribution in [0.5, 0.6) is 0 Å². The number of hydrogen-bond acceptors (Lipinski definition) is 15. The third-order valence-electron chi connectivity index (χ3n) is 13.1. The van der Waals surface area contributed by atoms with E-state index in [1.54, 1.807) is 41.7 Å². The average Bonchev–Trinajstić information content (AvgIpc) is 3.73. The van der Waals surface area contributed by atoms with Crippen molar-refractivity contribution >= 4 is 34.5 Å². The van der Waals surface area contributed by atoms with Crippen LogP contribution >= 0.6 is 0 Å². The van der Waals surface area contributed by atoms with E-state index in [2.05, 4.69) is 49.2 Å². The highest BCUT2D eigenvalue weighted by atomic mass is 28.4. The molecule has 0 spiro atoms. The van der Waals surface area contributed by atoms with Crippen LogP contribution in [0.4, 0.5) is 4.79 Å². The number of carbonyl (C=O) groups is 3. The van der Waals surface area contributed by atoms with E-state index >= 15 is 0 Å². The van der Waals surface area contributed by atoms with Gasteiger partial charge in [-0.3, -0.25) is 9.59 Å². The Morgan fingerprint density at radius 1 is 0.938 bits per heavy atom. The number of cyclic esters (lactones) is 1. The van der Waals surface area contributed by atoms with Crippen molar-refractivity contribution in [1.82, 2.24) is 14.5 Å². The fourth-order valence-corrected chi connectivity index (χ4v) is 12.2. The van der Waals surface area contributed by atoms with Crippen LogP contribution in [0.3, 0.4) is 0 Å². The minimum atomic E-state index is -2.21. The van der Waals surface area contributed by atoms with Gasteiger partial charge in [0.25, 0.3) is 0 Å². The minimum Gasteiger partial charge on any atom is -0.457 e. The Kier molecular flexibility index (Phi) is 18.3. The number of methoxy groups -OCH3 is 1. The molecule has 4 heterocycles. The van der Waals surface area contributed by atoms with Crippen LogP contribution in [0.15, 0.2) is 30.4 Å². The van der Waals surface area contributed by atoms with Gasteiger partial charge < -0.3 is 52.0 Å². The summed E-state index contributed by atoms with van der Waals surface area (Å²) in [6.07, 6.45) is -0.556. The van der Waals surface area contributed by atoms with E-state index in [0.717, 1.165) is 0 Å². The molecule has 18 heteroatoms. The van der Waals surface area contributed by atoms with Gasteiger partial charge in [-0.2, -0.15) is 0 Å². The number of likely N-dealkylation sites (N-methyl/N-ethyl adjacent to an activating group) is 1. The van der Waals surface area contributed by atoms with E-state index in [9.17, 15) is 19.5 Å². The molecule has 0 saturated carbocycles. The molecule has 2 saturated heterocycles. The Morgan fingerprint density at radius 2 is 1.57 bits per heavy atom. The molecule has 372 valence electrons. The molecule has 2 fully saturated rings. The Balaban J connectivity index is 1.91. The van der Waals surface area contributed by atoms with Crippen molar-refractivity contribution in [3.05, 3.63) is 30.4 Å². The first kappa shape index (κ1) is 55.2. The molecule has 1 aromatic rings. The van der Waals surface area contributed by atoms with Gasteiger partial charge in [-0.25, -0.2) is 14.3 Å². The van der Waals surface area contributed by atoms with E-state index in [-0.39, 0.29) is 42.8 Å². The SMILES string of the molecule is CC[C@H]1OC(=O)[C@H](C)[C@@H](O[C@H]2C[C@@](C)(OC)[C@@H](O[Si](C)(C)C)[C@H](C)O2)[C@@H](C)[C@@H](O[C@@H]2O[C@H](C)C[C@H](N(C)C)[C@H]2O[Si](C)(C)C)[C@@](C)(O)C[C@@H](C)C(=O)/C(C)=C/[C@]1(C)OC(=O)n1ccnc1. The van der Waals surface area contributed by atoms with Gasteiger partial charge in [0.15, 0.2) is 40.6 Å². The summed E-state index contributed by atoms with van der Waals surface area (Å²) in [5.41, 5.74) is -3.90. The summed E-state index contributed by atoms with van der Waals surface area (Å²) in [7, 11) is 1.38. The normalized spacial score (nSPS) is 40.4. The first-order valence-electron chi connectivity index (χ1n) is 23.4. The summed E-state index contributed by atoms with van der Waals surface area (Å²) in [6, 6.07) is -0.0817. The molecule has 0 bridgehead atoms. The number of ether oxygens (including phenoxy) is 7. The maximum absolute atomic E-state index is 14.9. The second-order valence-corrected chi connectivity index (χ2v) is 30.7. The van der Waals surface area contributed by atoms with E-state index in [1.807, 2.05) is 48.7 Å². The first-order chi connectivity index (χ1) is 29.8. The fraction of sp³-hybridized carbons (Fsp3) is 0.830. The van der Waals surface area contributed by atoms with Gasteiger partial charge in [0.1, 0.15) is 18.5 Å². The zero-order valence-electron chi connectivity index (χ0n) is 42.8. The number of esters is 1. The van der Waals surface area contributed by atoms with Crippen LogP contribution in [0.25, 0.3) is 0 Å². The number of imidazole rings is 1. The van der Waals surface area contributed by atoms with Crippen molar-refractivity contribution in [3.8, 4) is 0 Å². The van der Waals surface area contributed by atoms with Crippen LogP contribution in [0.2, 0.25) is 39.3 Å². The third kappa shape index (κ3) is 13.9. The maximum atomic E-state index is 14.9. The maximum Gasteiger partial charge on any atom is 0.420 e. The number of ketones is 1. The van der Waals surface area contributed by atoms with Crippen LogP contribution < -0.4 is 0 Å². The van der Waals surface area contributed by atoms with Crippen LogP contribution in [-0.4, -0.2) is 153 Å². The summed E-state index contributed by atoms with van der Waals surface area (Å²) in [5.74, 6) is -3.50. The van der Waals surface area contributed by atoms with Crippen molar-refractivity contribution in [2.45, 2.75) is 212 Å². The van der Waals surface area contributed by atoms with Crippen LogP contribution in [-0.2, 0) is 51.6 Å². The summed E-state index contributed by atoms with van der Waals surface area (Å²) < 4.78 is 60.8. The fourth-order valence-electron chi connectivity index (χ4n) is 9.89. The van der Waals surface area contributed by atoms with E-state index in [1.165, 1.54) is 29.4 Å². The lowest BCUT2D eigenvalue weighted by molar-refractivity contribution is -0.315. The standard InChI is InChI=1S/C47H83N3O13Si2/c1-20-35-46(9,61-44(53)50-22-21-48-27-50)25-29(3)37(51)28(2)24-45(8,54)40(60-43-39(62-64(14,15)16)34(49(11)12)23-30(4)56-43)31(5)38(32(6)42(52)58-35)59-36-26-47(10,55-13)41(33(7)57-36)63-65(17,18)19/h21-22,25,27-28,30-36,38-41,43,54H,20,23-24,26H2,1-19H3/b29-25+/t28-,30-,31-,32-,33+,34+,35-,36+,38+,39-,40-,41+,43+,45+,46+,47-/m1/s1. The number of aromatic nitrogens is 2. The monoisotopic (exact) mass is 954 g/mol. The van der Waals surface area contributed by atoms with Crippen molar-refractivity contribution < 1.29 is 61.5 Å². The van der Waals surface area contributed by atoms with Gasteiger partial charge >= 0.3 is 12.1 Å². The predicted octanol–water partition coefficient (Wildman–Crippen LogP) is 7.34. The molecule has 4 rings (SSSR count). The van der Waals surface area contributed by atoms with Gasteiger partial charge in [0.05, 0.1) is 47.6 Å². The molecule has 3 aliphatic heterocycles. The number of aliphatic hydroxyl groups is 1. The number of nitrogens with zero attached hydrogens (tertiary/aromatic N) is 3. The molecular formula is C47H83N3O13Si2. The summed E-state index contributed by atoms with van der Waals surface area (Å²) >= 11 is 0. The minimum absolute atomic E-state index is 0.0480.